The molecule has 0 aliphatic carbocycles. The van der Waals surface area contributed by atoms with E-state index in [4.69, 9.17) is 9.40 Å². The van der Waals surface area contributed by atoms with Crippen LogP contribution >= 0.6 is 0 Å². The average molecular weight is 459 g/mol. The molecule has 4 rings (SSSR count). The SMILES string of the molecule is CCN(C(=O)Cn1c(CCCCCNC(=O)c2ccco2)nc2ccccc21)c1ccccc1. The van der Waals surface area contributed by atoms with Crippen molar-refractivity contribution in [3.8, 4) is 0 Å². The molecule has 0 saturated carbocycles. The number of fused-ring (bicyclic) bond motifs is 1. The predicted octanol–water partition coefficient (Wildman–Crippen LogP) is 4.83. The second-order valence-corrected chi connectivity index (χ2v) is 8.12. The van der Waals surface area contributed by atoms with Gasteiger partial charge in [0.25, 0.3) is 5.91 Å². The fraction of sp³-hybridized carbons (Fsp3) is 0.296. The number of rotatable bonds is 11. The maximum atomic E-state index is 13.2. The number of amides is 2. The Morgan fingerprint density at radius 2 is 1.76 bits per heavy atom. The molecule has 176 valence electrons. The molecule has 0 atom stereocenters. The first-order chi connectivity index (χ1) is 16.7. The number of nitrogens with zero attached hydrogens (tertiary/aromatic N) is 3. The molecule has 1 N–H and O–H groups in total. The zero-order chi connectivity index (χ0) is 23.8. The van der Waals surface area contributed by atoms with Gasteiger partial charge in [-0.25, -0.2) is 4.98 Å². The summed E-state index contributed by atoms with van der Waals surface area (Å²) in [6.45, 7) is 3.44. The van der Waals surface area contributed by atoms with Crippen molar-refractivity contribution in [1.82, 2.24) is 14.9 Å². The lowest BCUT2D eigenvalue weighted by molar-refractivity contribution is -0.119. The molecule has 0 radical (unpaired) electrons. The van der Waals surface area contributed by atoms with Crippen molar-refractivity contribution in [2.24, 2.45) is 0 Å². The number of anilines is 1. The topological polar surface area (TPSA) is 80.4 Å². The molecule has 4 aromatic rings. The van der Waals surface area contributed by atoms with Gasteiger partial charge in [0.15, 0.2) is 5.76 Å². The normalized spacial score (nSPS) is 11.0. The van der Waals surface area contributed by atoms with E-state index in [0.29, 0.717) is 18.8 Å². The number of hydrogen-bond donors (Lipinski definition) is 1. The number of hydrogen-bond acceptors (Lipinski definition) is 4. The van der Waals surface area contributed by atoms with E-state index in [0.717, 1.165) is 48.2 Å². The van der Waals surface area contributed by atoms with Crippen molar-refractivity contribution in [3.63, 3.8) is 0 Å². The molecular formula is C27H30N4O3. The van der Waals surface area contributed by atoms with Gasteiger partial charge < -0.3 is 19.2 Å². The van der Waals surface area contributed by atoms with Gasteiger partial charge in [0.2, 0.25) is 5.91 Å². The van der Waals surface area contributed by atoms with E-state index >= 15 is 0 Å². The summed E-state index contributed by atoms with van der Waals surface area (Å²) in [5.41, 5.74) is 2.78. The Labute approximate surface area is 199 Å². The second kappa shape index (κ2) is 11.3. The second-order valence-electron chi connectivity index (χ2n) is 8.12. The highest BCUT2D eigenvalue weighted by molar-refractivity contribution is 5.94. The lowest BCUT2D eigenvalue weighted by atomic mass is 10.2. The largest absolute Gasteiger partial charge is 0.459 e. The van der Waals surface area contributed by atoms with Crippen molar-refractivity contribution < 1.29 is 14.0 Å². The van der Waals surface area contributed by atoms with Gasteiger partial charge in [0.1, 0.15) is 12.4 Å². The summed E-state index contributed by atoms with van der Waals surface area (Å²) < 4.78 is 7.15. The van der Waals surface area contributed by atoms with Crippen LogP contribution < -0.4 is 10.2 Å². The molecule has 0 aliphatic rings. The van der Waals surface area contributed by atoms with Crippen molar-refractivity contribution in [2.75, 3.05) is 18.0 Å². The van der Waals surface area contributed by atoms with Crippen molar-refractivity contribution in [2.45, 2.75) is 39.2 Å². The van der Waals surface area contributed by atoms with E-state index in [1.54, 1.807) is 17.0 Å². The summed E-state index contributed by atoms with van der Waals surface area (Å²) in [4.78, 5) is 31.8. The van der Waals surface area contributed by atoms with Gasteiger partial charge in [0.05, 0.1) is 17.3 Å². The molecule has 2 amide bonds. The van der Waals surface area contributed by atoms with Gasteiger partial charge in [-0.05, 0) is 56.2 Å². The number of benzene rings is 2. The molecule has 2 aromatic heterocycles. The van der Waals surface area contributed by atoms with Gasteiger partial charge in [-0.15, -0.1) is 0 Å². The van der Waals surface area contributed by atoms with Crippen molar-refractivity contribution in [1.29, 1.82) is 0 Å². The standard InChI is InChI=1S/C27H30N4O3/c1-2-30(21-12-5-3-6-13-21)26(32)20-31-23-15-9-8-14-22(23)29-25(31)17-7-4-10-18-28-27(33)24-16-11-19-34-24/h3,5-6,8-9,11-16,19H,2,4,7,10,17-18,20H2,1H3,(H,28,33). The van der Waals surface area contributed by atoms with Crippen LogP contribution in [0.2, 0.25) is 0 Å². The lowest BCUT2D eigenvalue weighted by Gasteiger charge is -2.22. The zero-order valence-corrected chi connectivity index (χ0v) is 19.4. The lowest BCUT2D eigenvalue weighted by Crippen LogP contribution is -2.34. The Bertz CT molecular complexity index is 1220. The average Bonchev–Trinajstić information content (AvgIpc) is 3.51. The number of carbonyl (C=O) groups is 2. The highest BCUT2D eigenvalue weighted by Gasteiger charge is 2.18. The smallest absolute Gasteiger partial charge is 0.286 e. The van der Waals surface area contributed by atoms with E-state index in [2.05, 4.69) is 5.32 Å². The van der Waals surface area contributed by atoms with Gasteiger partial charge in [0, 0.05) is 25.2 Å². The molecule has 2 heterocycles. The molecule has 2 aromatic carbocycles. The van der Waals surface area contributed by atoms with Gasteiger partial charge in [-0.2, -0.15) is 0 Å². The summed E-state index contributed by atoms with van der Waals surface area (Å²) >= 11 is 0. The molecule has 7 nitrogen and oxygen atoms in total. The van der Waals surface area contributed by atoms with Gasteiger partial charge >= 0.3 is 0 Å². The van der Waals surface area contributed by atoms with E-state index in [1.165, 1.54) is 6.26 Å². The Hall–Kier alpha value is -3.87. The summed E-state index contributed by atoms with van der Waals surface area (Å²) in [6, 6.07) is 21.1. The van der Waals surface area contributed by atoms with Crippen LogP contribution in [0.3, 0.4) is 0 Å². The van der Waals surface area contributed by atoms with E-state index < -0.39 is 0 Å². The number of carbonyl (C=O) groups excluding carboxylic acids is 2. The van der Waals surface area contributed by atoms with Crippen LogP contribution in [0.5, 0.6) is 0 Å². The van der Waals surface area contributed by atoms with E-state index in [9.17, 15) is 9.59 Å². The van der Waals surface area contributed by atoms with Crippen LogP contribution in [0, 0.1) is 0 Å². The van der Waals surface area contributed by atoms with Crippen LogP contribution in [-0.2, 0) is 17.8 Å². The maximum absolute atomic E-state index is 13.2. The van der Waals surface area contributed by atoms with Crippen LogP contribution in [0.15, 0.2) is 77.4 Å². The minimum atomic E-state index is -0.191. The number of likely N-dealkylation sites (N-methyl/N-ethyl adjacent to an activating group) is 1. The first-order valence-corrected chi connectivity index (χ1v) is 11.8. The van der Waals surface area contributed by atoms with E-state index in [-0.39, 0.29) is 18.4 Å². The van der Waals surface area contributed by atoms with Crippen molar-refractivity contribution in [3.05, 3.63) is 84.6 Å². The molecule has 0 unspecified atom stereocenters. The molecule has 0 fully saturated rings. The number of aryl methyl sites for hydroxylation is 1. The van der Waals surface area contributed by atoms with Crippen LogP contribution in [0.25, 0.3) is 11.0 Å². The van der Waals surface area contributed by atoms with Crippen LogP contribution in [0.1, 0.15) is 42.6 Å². The fourth-order valence-electron chi connectivity index (χ4n) is 4.11. The monoisotopic (exact) mass is 458 g/mol. The fourth-order valence-corrected chi connectivity index (χ4v) is 4.11. The Kier molecular flexibility index (Phi) is 7.75. The summed E-state index contributed by atoms with van der Waals surface area (Å²) in [7, 11) is 0. The molecule has 7 heteroatoms. The number of aromatic nitrogens is 2. The first-order valence-electron chi connectivity index (χ1n) is 11.8. The molecule has 0 saturated heterocycles. The number of imidazole rings is 1. The first kappa shape index (κ1) is 23.3. The highest BCUT2D eigenvalue weighted by Crippen LogP contribution is 2.20. The summed E-state index contributed by atoms with van der Waals surface area (Å²) in [6.07, 6.45) is 4.99. The predicted molar refractivity (Wildman–Crippen MR) is 133 cm³/mol. The quantitative estimate of drug-likeness (QED) is 0.327. The minimum absolute atomic E-state index is 0.0405. The minimum Gasteiger partial charge on any atom is -0.459 e. The number of nitrogens with one attached hydrogen (secondary N) is 1. The molecule has 0 bridgehead atoms. The molecular weight excluding hydrogens is 428 g/mol. The molecule has 0 aliphatic heterocycles. The third-order valence-electron chi connectivity index (χ3n) is 5.82. The highest BCUT2D eigenvalue weighted by atomic mass is 16.3. The molecule has 34 heavy (non-hydrogen) atoms. The Morgan fingerprint density at radius 3 is 2.53 bits per heavy atom. The molecule has 0 spiro atoms. The van der Waals surface area contributed by atoms with Crippen LogP contribution in [-0.4, -0.2) is 34.5 Å². The third kappa shape index (κ3) is 5.54. The number of para-hydroxylation sites is 3. The Morgan fingerprint density at radius 1 is 0.971 bits per heavy atom. The van der Waals surface area contributed by atoms with Crippen molar-refractivity contribution >= 4 is 28.5 Å². The Balaban J connectivity index is 1.37. The van der Waals surface area contributed by atoms with E-state index in [1.807, 2.05) is 66.1 Å². The number of furan rings is 1. The maximum Gasteiger partial charge on any atom is 0.286 e. The van der Waals surface area contributed by atoms with Gasteiger partial charge in [-0.1, -0.05) is 36.8 Å². The zero-order valence-electron chi connectivity index (χ0n) is 19.4. The number of unbranched alkanes of at least 4 members (excludes halogenated alkanes) is 2. The van der Waals surface area contributed by atoms with Crippen LogP contribution in [0.4, 0.5) is 5.69 Å². The summed E-state index contributed by atoms with van der Waals surface area (Å²) in [5.74, 6) is 1.09. The third-order valence-corrected chi connectivity index (χ3v) is 5.82. The summed E-state index contributed by atoms with van der Waals surface area (Å²) in [5, 5.41) is 2.87. The van der Waals surface area contributed by atoms with Gasteiger partial charge in [-0.3, -0.25) is 9.59 Å².